The smallest absolute Gasteiger partial charge is 0.247 e. The van der Waals surface area contributed by atoms with Crippen molar-refractivity contribution < 1.29 is 19.1 Å². The molecule has 3 N–H and O–H groups in total. The molecule has 2 aliphatic heterocycles. The number of nitrogens with one attached hydrogen (secondary N) is 1. The fraction of sp³-hybridized carbons (Fsp3) is 0.500. The quantitative estimate of drug-likeness (QED) is 0.557. The number of nitrogens with zero attached hydrogens (tertiary/aromatic N) is 2. The summed E-state index contributed by atoms with van der Waals surface area (Å²) in [5.41, 5.74) is 7.42. The Morgan fingerprint density at radius 2 is 1.84 bits per heavy atom. The van der Waals surface area contributed by atoms with Crippen LogP contribution in [0.15, 0.2) is 54.6 Å². The van der Waals surface area contributed by atoms with Crippen LogP contribution in [0.3, 0.4) is 0 Å². The van der Waals surface area contributed by atoms with Gasteiger partial charge in [0.1, 0.15) is 6.04 Å². The van der Waals surface area contributed by atoms with E-state index in [1.807, 2.05) is 56.4 Å². The molecule has 2 saturated heterocycles. The molecule has 3 atom stereocenters. The summed E-state index contributed by atoms with van der Waals surface area (Å²) in [4.78, 5) is 43.7. The lowest BCUT2D eigenvalue weighted by atomic mass is 9.69. The van der Waals surface area contributed by atoms with Crippen molar-refractivity contribution in [3.63, 3.8) is 0 Å². The van der Waals surface area contributed by atoms with E-state index in [1.165, 1.54) is 0 Å². The molecule has 4 rings (SSSR count). The zero-order valence-corrected chi connectivity index (χ0v) is 22.9. The van der Waals surface area contributed by atoms with Crippen LogP contribution < -0.4 is 11.1 Å². The van der Waals surface area contributed by atoms with Crippen molar-refractivity contribution >= 4 is 17.7 Å². The van der Waals surface area contributed by atoms with Gasteiger partial charge in [-0.15, -0.1) is 0 Å². The molecule has 2 aromatic carbocycles. The second kappa shape index (κ2) is 11.3. The zero-order valence-electron chi connectivity index (χ0n) is 22.9. The number of hydrogen-bond donors (Lipinski definition) is 2. The zero-order chi connectivity index (χ0) is 27.5. The van der Waals surface area contributed by atoms with Crippen molar-refractivity contribution in [3.8, 4) is 0 Å². The molecule has 0 aliphatic carbocycles. The summed E-state index contributed by atoms with van der Waals surface area (Å²) in [7, 11) is 1.83. The molecule has 3 amide bonds. The summed E-state index contributed by atoms with van der Waals surface area (Å²) in [5, 5.41) is 2.82. The van der Waals surface area contributed by atoms with Gasteiger partial charge < -0.3 is 25.6 Å². The molecule has 2 unspecified atom stereocenters. The lowest BCUT2D eigenvalue weighted by Crippen LogP contribution is -2.60. The highest BCUT2D eigenvalue weighted by Crippen LogP contribution is 2.49. The number of ether oxygens (including phenoxy) is 1. The second-order valence-corrected chi connectivity index (χ2v) is 11.4. The van der Waals surface area contributed by atoms with Crippen molar-refractivity contribution in [2.45, 2.75) is 57.7 Å². The average molecular weight is 521 g/mol. The maximum Gasteiger partial charge on any atom is 0.247 e. The molecule has 2 aliphatic rings. The van der Waals surface area contributed by atoms with Gasteiger partial charge in [0, 0.05) is 32.6 Å². The van der Waals surface area contributed by atoms with E-state index in [9.17, 15) is 14.4 Å². The number of aryl methyl sites for hydroxylation is 1. The first-order valence-electron chi connectivity index (χ1n) is 13.3. The monoisotopic (exact) mass is 520 g/mol. The molecule has 0 bridgehead atoms. The number of hydrogen-bond acceptors (Lipinski definition) is 5. The van der Waals surface area contributed by atoms with Crippen molar-refractivity contribution in [1.29, 1.82) is 0 Å². The predicted octanol–water partition coefficient (Wildman–Crippen LogP) is 2.60. The third kappa shape index (κ3) is 5.92. The van der Waals surface area contributed by atoms with E-state index >= 15 is 0 Å². The van der Waals surface area contributed by atoms with Gasteiger partial charge in [-0.05, 0) is 44.7 Å². The van der Waals surface area contributed by atoms with E-state index in [1.54, 1.807) is 23.6 Å². The summed E-state index contributed by atoms with van der Waals surface area (Å²) in [5.74, 6) is -0.617. The van der Waals surface area contributed by atoms with E-state index in [0.717, 1.165) is 23.1 Å². The van der Waals surface area contributed by atoms with Gasteiger partial charge in [0.15, 0.2) is 0 Å². The molecule has 1 spiro atoms. The summed E-state index contributed by atoms with van der Waals surface area (Å²) in [6.07, 6.45) is 1.43. The first-order chi connectivity index (χ1) is 18.0. The fourth-order valence-electron chi connectivity index (χ4n) is 5.62. The van der Waals surface area contributed by atoms with Gasteiger partial charge in [0.25, 0.3) is 0 Å². The minimum absolute atomic E-state index is 0.00793. The van der Waals surface area contributed by atoms with Crippen LogP contribution >= 0.6 is 0 Å². The Kier molecular flexibility index (Phi) is 8.23. The Morgan fingerprint density at radius 3 is 2.50 bits per heavy atom. The number of nitrogens with two attached hydrogens (primary N) is 1. The number of benzene rings is 2. The van der Waals surface area contributed by atoms with Crippen molar-refractivity contribution in [2.24, 2.45) is 11.1 Å². The highest BCUT2D eigenvalue weighted by molar-refractivity contribution is 5.92. The van der Waals surface area contributed by atoms with E-state index in [4.69, 9.17) is 10.5 Å². The van der Waals surface area contributed by atoms with Gasteiger partial charge >= 0.3 is 0 Å². The minimum atomic E-state index is -1.15. The SMILES string of the molecule is Cc1ccc(COC[C@@H](NC(=O)C(C)(C)N)C(=O)N2CCCC3(C2)C(=O)N(C)CC3c2ccccc2)cc1. The van der Waals surface area contributed by atoms with Gasteiger partial charge in [-0.3, -0.25) is 14.4 Å². The molecular formula is C30H40N4O4. The van der Waals surface area contributed by atoms with E-state index in [-0.39, 0.29) is 24.3 Å². The van der Waals surface area contributed by atoms with Crippen molar-refractivity contribution in [1.82, 2.24) is 15.1 Å². The summed E-state index contributed by atoms with van der Waals surface area (Å²) >= 11 is 0. The first kappa shape index (κ1) is 27.8. The normalized spacial score (nSPS) is 22.6. The Hall–Kier alpha value is -3.23. The average Bonchev–Trinajstić information content (AvgIpc) is 3.13. The van der Waals surface area contributed by atoms with Gasteiger partial charge in [-0.2, -0.15) is 0 Å². The Balaban J connectivity index is 1.53. The van der Waals surface area contributed by atoms with Crippen LogP contribution in [0.1, 0.15) is 49.3 Å². The van der Waals surface area contributed by atoms with E-state index in [2.05, 4.69) is 17.4 Å². The number of amides is 3. The molecule has 2 aromatic rings. The van der Waals surface area contributed by atoms with Crippen LogP contribution in [0.2, 0.25) is 0 Å². The molecule has 8 nitrogen and oxygen atoms in total. The summed E-state index contributed by atoms with van der Waals surface area (Å²) < 4.78 is 5.91. The number of carbonyl (C=O) groups is 3. The number of carbonyl (C=O) groups excluding carboxylic acids is 3. The number of piperidine rings is 1. The van der Waals surface area contributed by atoms with Crippen LogP contribution in [0.5, 0.6) is 0 Å². The van der Waals surface area contributed by atoms with Crippen LogP contribution in [-0.2, 0) is 25.7 Å². The van der Waals surface area contributed by atoms with Crippen LogP contribution in [-0.4, -0.2) is 72.4 Å². The van der Waals surface area contributed by atoms with Crippen molar-refractivity contribution in [3.05, 3.63) is 71.3 Å². The number of likely N-dealkylation sites (tertiary alicyclic amines) is 2. The topological polar surface area (TPSA) is 105 Å². The number of rotatable bonds is 8. The van der Waals surface area contributed by atoms with E-state index in [0.29, 0.717) is 32.7 Å². The van der Waals surface area contributed by atoms with Crippen molar-refractivity contribution in [2.75, 3.05) is 33.3 Å². The van der Waals surface area contributed by atoms with Crippen LogP contribution in [0.25, 0.3) is 0 Å². The fourth-order valence-corrected chi connectivity index (χ4v) is 5.62. The van der Waals surface area contributed by atoms with Gasteiger partial charge in [0.2, 0.25) is 17.7 Å². The maximum absolute atomic E-state index is 13.9. The number of likely N-dealkylation sites (N-methyl/N-ethyl adjacent to an activating group) is 1. The molecule has 38 heavy (non-hydrogen) atoms. The lowest BCUT2D eigenvalue weighted by molar-refractivity contribution is -0.147. The first-order valence-corrected chi connectivity index (χ1v) is 13.3. The highest BCUT2D eigenvalue weighted by atomic mass is 16.5. The standard InChI is InChI=1S/C30H40N4O4/c1-21-11-13-22(14-12-21)18-38-19-25(32-27(36)29(2,3)31)26(35)34-16-8-15-30(20-34)24(17-33(4)28(30)37)23-9-6-5-7-10-23/h5-7,9-14,24-25H,8,15-20,31H2,1-4H3,(H,32,36)/t24?,25-,30?/m1/s1. The predicted molar refractivity (Wildman–Crippen MR) is 146 cm³/mol. The lowest BCUT2D eigenvalue weighted by Gasteiger charge is -2.43. The third-order valence-corrected chi connectivity index (χ3v) is 7.80. The molecule has 204 valence electrons. The Labute approximate surface area is 225 Å². The Bertz CT molecular complexity index is 1150. The second-order valence-electron chi connectivity index (χ2n) is 11.4. The van der Waals surface area contributed by atoms with Crippen LogP contribution in [0.4, 0.5) is 0 Å². The largest absolute Gasteiger partial charge is 0.374 e. The molecular weight excluding hydrogens is 480 g/mol. The summed E-state index contributed by atoms with van der Waals surface area (Å²) in [6.45, 7) is 6.99. The molecule has 0 radical (unpaired) electrons. The minimum Gasteiger partial charge on any atom is -0.374 e. The molecule has 2 fully saturated rings. The van der Waals surface area contributed by atoms with E-state index < -0.39 is 22.9 Å². The molecule has 0 aromatic heterocycles. The van der Waals surface area contributed by atoms with Gasteiger partial charge in [0.05, 0.1) is 24.2 Å². The Morgan fingerprint density at radius 1 is 1.16 bits per heavy atom. The van der Waals surface area contributed by atoms with Gasteiger partial charge in [-0.1, -0.05) is 60.2 Å². The molecule has 2 heterocycles. The van der Waals surface area contributed by atoms with Crippen LogP contribution in [0, 0.1) is 12.3 Å². The molecule has 8 heteroatoms. The third-order valence-electron chi connectivity index (χ3n) is 7.80. The summed E-state index contributed by atoms with van der Waals surface area (Å²) in [6, 6.07) is 17.1. The van der Waals surface area contributed by atoms with Gasteiger partial charge in [-0.25, -0.2) is 0 Å². The maximum atomic E-state index is 13.9. The molecule has 0 saturated carbocycles. The highest BCUT2D eigenvalue weighted by Gasteiger charge is 2.55.